The number of anilines is 1. The summed E-state index contributed by atoms with van der Waals surface area (Å²) in [4.78, 5) is 12.5. The van der Waals surface area contributed by atoms with E-state index in [1.807, 2.05) is 31.2 Å². The molecule has 0 spiro atoms. The van der Waals surface area contributed by atoms with Gasteiger partial charge in [0.15, 0.2) is 0 Å². The number of aryl methyl sites for hydroxylation is 1. The minimum Gasteiger partial charge on any atom is -0.487 e. The number of ether oxygens (including phenoxy) is 1. The van der Waals surface area contributed by atoms with E-state index in [1.165, 1.54) is 18.2 Å². The summed E-state index contributed by atoms with van der Waals surface area (Å²) in [5.41, 5.74) is 1.41. The topological polar surface area (TPSA) is 62.1 Å². The van der Waals surface area contributed by atoms with Crippen LogP contribution in [-0.4, -0.2) is 5.91 Å². The molecule has 0 fully saturated rings. The number of carbonyl (C=O) groups excluding carboxylic acids is 1. The fourth-order valence-corrected chi connectivity index (χ4v) is 4.38. The lowest BCUT2D eigenvalue weighted by molar-refractivity contribution is -0.137. The highest BCUT2D eigenvalue weighted by Gasteiger charge is 2.30. The van der Waals surface area contributed by atoms with Gasteiger partial charge in [-0.15, -0.1) is 0 Å². The third-order valence-corrected chi connectivity index (χ3v) is 5.83. The average molecular weight is 594 g/mol. The molecule has 0 heterocycles. The molecule has 3 aromatic carbocycles. The maximum absolute atomic E-state index is 12.9. The Bertz CT molecular complexity index is 1260. The lowest BCUT2D eigenvalue weighted by Crippen LogP contribution is -2.14. The van der Waals surface area contributed by atoms with Gasteiger partial charge in [0.2, 0.25) is 0 Å². The summed E-state index contributed by atoms with van der Waals surface area (Å²) < 4.78 is 45.8. The smallest absolute Gasteiger partial charge is 0.416 e. The fraction of sp³-hybridized carbons (Fsp3) is 0.120. The molecule has 34 heavy (non-hydrogen) atoms. The molecule has 0 aliphatic rings. The number of carbonyl (C=O) groups is 1. The molecular weight excluding hydrogens is 577 g/mol. The summed E-state index contributed by atoms with van der Waals surface area (Å²) >= 11 is 6.88. The number of benzene rings is 3. The first-order chi connectivity index (χ1) is 16.1. The maximum atomic E-state index is 12.9. The minimum absolute atomic E-state index is 0.0665. The van der Waals surface area contributed by atoms with Gasteiger partial charge in [-0.1, -0.05) is 35.9 Å². The summed E-state index contributed by atoms with van der Waals surface area (Å²) in [7, 11) is 0. The van der Waals surface area contributed by atoms with Gasteiger partial charge >= 0.3 is 6.18 Å². The lowest BCUT2D eigenvalue weighted by Gasteiger charge is -2.12. The number of hydrogen-bond acceptors (Lipinski definition) is 3. The van der Waals surface area contributed by atoms with E-state index in [9.17, 15) is 23.2 Å². The number of amides is 1. The van der Waals surface area contributed by atoms with E-state index in [1.54, 1.807) is 18.2 Å². The Hall–Kier alpha value is -3.09. The number of rotatable bonds is 6. The zero-order valence-corrected chi connectivity index (χ0v) is 20.9. The van der Waals surface area contributed by atoms with E-state index in [4.69, 9.17) is 4.74 Å². The van der Waals surface area contributed by atoms with Crippen LogP contribution >= 0.6 is 31.9 Å². The van der Waals surface area contributed by atoms with Crippen LogP contribution in [0, 0.1) is 18.3 Å². The number of halogens is 5. The molecule has 4 nitrogen and oxygen atoms in total. The monoisotopic (exact) mass is 592 g/mol. The zero-order valence-electron chi connectivity index (χ0n) is 17.7. The predicted octanol–water partition coefficient (Wildman–Crippen LogP) is 7.66. The summed E-state index contributed by atoms with van der Waals surface area (Å²) in [5.74, 6) is -0.279. The molecule has 0 aromatic heterocycles. The molecule has 0 bridgehead atoms. The quantitative estimate of drug-likeness (QED) is 0.236. The van der Waals surface area contributed by atoms with Crippen LogP contribution in [0.3, 0.4) is 0 Å². The standard InChI is InChI=1S/C25H17Br2F3N2O2/c1-15-5-7-16(8-6-15)14-34-23-21(26)10-17(11-22(23)27)9-18(13-31)24(33)32-20-4-2-3-19(12-20)25(28,29)30/h2-12H,14H2,1H3,(H,32,33)/b18-9+. The Morgan fingerprint density at radius 3 is 2.32 bits per heavy atom. The molecule has 0 aliphatic carbocycles. The minimum atomic E-state index is -4.55. The Morgan fingerprint density at radius 2 is 1.74 bits per heavy atom. The number of nitrogens with zero attached hydrogens (tertiary/aromatic N) is 1. The van der Waals surface area contributed by atoms with Crippen LogP contribution in [0.4, 0.5) is 18.9 Å². The van der Waals surface area contributed by atoms with Gasteiger partial charge in [-0.2, -0.15) is 18.4 Å². The number of nitriles is 1. The van der Waals surface area contributed by atoms with Crippen molar-refractivity contribution in [2.24, 2.45) is 0 Å². The maximum Gasteiger partial charge on any atom is 0.416 e. The molecule has 0 aliphatic heterocycles. The van der Waals surface area contributed by atoms with Crippen molar-refractivity contribution in [2.45, 2.75) is 19.7 Å². The van der Waals surface area contributed by atoms with Crippen LogP contribution in [0.15, 0.2) is 75.2 Å². The third kappa shape index (κ3) is 6.72. The molecule has 0 radical (unpaired) electrons. The highest BCUT2D eigenvalue weighted by Crippen LogP contribution is 2.36. The van der Waals surface area contributed by atoms with E-state index in [2.05, 4.69) is 37.2 Å². The van der Waals surface area contributed by atoms with Crippen LogP contribution in [0.1, 0.15) is 22.3 Å². The van der Waals surface area contributed by atoms with Gasteiger partial charge < -0.3 is 10.1 Å². The van der Waals surface area contributed by atoms with E-state index >= 15 is 0 Å². The SMILES string of the molecule is Cc1ccc(COc2c(Br)cc(/C=C(\C#N)C(=O)Nc3cccc(C(F)(F)F)c3)cc2Br)cc1. The van der Waals surface area contributed by atoms with Crippen molar-refractivity contribution in [3.63, 3.8) is 0 Å². The third-order valence-electron chi connectivity index (χ3n) is 4.65. The second-order valence-electron chi connectivity index (χ2n) is 7.29. The molecule has 1 N–H and O–H groups in total. The second kappa shape index (κ2) is 10.9. The largest absolute Gasteiger partial charge is 0.487 e. The Morgan fingerprint density at radius 1 is 1.09 bits per heavy atom. The Labute approximate surface area is 211 Å². The van der Waals surface area contributed by atoms with Crippen molar-refractivity contribution in [3.8, 4) is 11.8 Å². The molecular formula is C25H17Br2F3N2O2. The van der Waals surface area contributed by atoms with Gasteiger partial charge in [-0.3, -0.25) is 4.79 Å². The van der Waals surface area contributed by atoms with Crippen LogP contribution in [0.25, 0.3) is 6.08 Å². The number of alkyl halides is 3. The van der Waals surface area contributed by atoms with Gasteiger partial charge in [-0.05, 0) is 86.3 Å². The molecule has 0 unspecified atom stereocenters. The normalized spacial score (nSPS) is 11.6. The molecule has 1 amide bonds. The average Bonchev–Trinajstić information content (AvgIpc) is 2.77. The van der Waals surface area contributed by atoms with Crippen molar-refractivity contribution >= 4 is 49.5 Å². The highest BCUT2D eigenvalue weighted by molar-refractivity contribution is 9.11. The lowest BCUT2D eigenvalue weighted by atomic mass is 10.1. The molecule has 3 rings (SSSR count). The van der Waals surface area contributed by atoms with Crippen molar-refractivity contribution in [2.75, 3.05) is 5.32 Å². The first kappa shape index (κ1) is 25.5. The second-order valence-corrected chi connectivity index (χ2v) is 9.00. The van der Waals surface area contributed by atoms with Crippen molar-refractivity contribution < 1.29 is 22.7 Å². The molecule has 0 saturated heterocycles. The van der Waals surface area contributed by atoms with Crippen LogP contribution in [0.5, 0.6) is 5.75 Å². The van der Waals surface area contributed by atoms with Crippen LogP contribution in [0.2, 0.25) is 0 Å². The summed E-state index contributed by atoms with van der Waals surface area (Å²) in [5, 5.41) is 11.8. The van der Waals surface area contributed by atoms with Gasteiger partial charge in [0, 0.05) is 5.69 Å². The van der Waals surface area contributed by atoms with Crippen molar-refractivity contribution in [3.05, 3.63) is 97.4 Å². The predicted molar refractivity (Wildman–Crippen MR) is 131 cm³/mol. The Kier molecular flexibility index (Phi) is 8.18. The van der Waals surface area contributed by atoms with Gasteiger partial charge in [0.1, 0.15) is 24.0 Å². The molecule has 9 heteroatoms. The van der Waals surface area contributed by atoms with Gasteiger partial charge in [-0.25, -0.2) is 0 Å². The first-order valence-corrected chi connectivity index (χ1v) is 11.4. The van der Waals surface area contributed by atoms with E-state index in [0.717, 1.165) is 23.3 Å². The van der Waals surface area contributed by atoms with E-state index < -0.39 is 17.6 Å². The van der Waals surface area contributed by atoms with Crippen LogP contribution < -0.4 is 10.1 Å². The zero-order chi connectivity index (χ0) is 24.9. The van der Waals surface area contributed by atoms with E-state index in [0.29, 0.717) is 26.9 Å². The number of hydrogen-bond donors (Lipinski definition) is 1. The highest BCUT2D eigenvalue weighted by atomic mass is 79.9. The Balaban J connectivity index is 1.77. The summed E-state index contributed by atoms with van der Waals surface area (Å²) in [6.07, 6.45) is -3.21. The van der Waals surface area contributed by atoms with Gasteiger partial charge in [0.25, 0.3) is 5.91 Å². The van der Waals surface area contributed by atoms with Crippen molar-refractivity contribution in [1.29, 1.82) is 5.26 Å². The molecule has 0 saturated carbocycles. The van der Waals surface area contributed by atoms with Gasteiger partial charge in [0.05, 0.1) is 14.5 Å². The summed E-state index contributed by atoms with van der Waals surface area (Å²) in [6.45, 7) is 2.34. The molecule has 0 atom stereocenters. The van der Waals surface area contributed by atoms with E-state index in [-0.39, 0.29) is 11.3 Å². The number of nitrogens with one attached hydrogen (secondary N) is 1. The summed E-state index contributed by atoms with van der Waals surface area (Å²) in [6, 6.07) is 17.2. The van der Waals surface area contributed by atoms with Crippen molar-refractivity contribution in [1.82, 2.24) is 0 Å². The fourth-order valence-electron chi connectivity index (χ4n) is 2.93. The molecule has 3 aromatic rings. The molecule has 174 valence electrons. The first-order valence-electron chi connectivity index (χ1n) is 9.84. The van der Waals surface area contributed by atoms with Crippen LogP contribution in [-0.2, 0) is 17.6 Å².